The number of benzene rings is 2. The highest BCUT2D eigenvalue weighted by atomic mass is 16.5. The fourth-order valence-corrected chi connectivity index (χ4v) is 2.05. The van der Waals surface area contributed by atoms with Crippen LogP contribution in [-0.4, -0.2) is 18.3 Å². The molecular weight excluding hydrogens is 236 g/mol. The lowest BCUT2D eigenvalue weighted by Gasteiger charge is -2.16. The van der Waals surface area contributed by atoms with Crippen molar-refractivity contribution in [2.75, 3.05) is 13.2 Å². The van der Waals surface area contributed by atoms with Gasteiger partial charge in [-0.1, -0.05) is 48.5 Å². The molecule has 1 N–H and O–H groups in total. The Balaban J connectivity index is 1.91. The highest BCUT2D eigenvalue weighted by molar-refractivity contribution is 5.31. The number of ether oxygens (including phenoxy) is 1. The minimum absolute atomic E-state index is 0.127. The van der Waals surface area contributed by atoms with Crippen LogP contribution in [0.4, 0.5) is 0 Å². The average molecular weight is 256 g/mol. The van der Waals surface area contributed by atoms with Gasteiger partial charge in [0.15, 0.2) is 0 Å². The second-order valence-corrected chi connectivity index (χ2v) is 4.81. The van der Waals surface area contributed by atoms with E-state index < -0.39 is 0 Å². The summed E-state index contributed by atoms with van der Waals surface area (Å²) in [5, 5.41) is 9.45. The molecule has 1 unspecified atom stereocenters. The highest BCUT2D eigenvalue weighted by Gasteiger charge is 2.10. The van der Waals surface area contributed by atoms with Crippen molar-refractivity contribution in [2.45, 2.75) is 13.3 Å². The predicted octanol–water partition coefficient (Wildman–Crippen LogP) is 3.23. The monoisotopic (exact) mass is 256 g/mol. The van der Waals surface area contributed by atoms with Crippen LogP contribution in [0.2, 0.25) is 0 Å². The second kappa shape index (κ2) is 6.95. The van der Waals surface area contributed by atoms with Crippen LogP contribution in [0.15, 0.2) is 54.6 Å². The van der Waals surface area contributed by atoms with Crippen LogP contribution in [0, 0.1) is 12.8 Å². The molecule has 2 heteroatoms. The van der Waals surface area contributed by atoms with E-state index in [2.05, 4.69) is 12.1 Å². The van der Waals surface area contributed by atoms with Gasteiger partial charge in [0.25, 0.3) is 0 Å². The van der Waals surface area contributed by atoms with Gasteiger partial charge in [-0.05, 0) is 30.5 Å². The van der Waals surface area contributed by atoms with Crippen LogP contribution in [0.25, 0.3) is 0 Å². The first-order chi connectivity index (χ1) is 9.29. The molecule has 19 heavy (non-hydrogen) atoms. The quantitative estimate of drug-likeness (QED) is 0.860. The molecule has 0 bridgehead atoms. The van der Waals surface area contributed by atoms with Crippen LogP contribution in [0.1, 0.15) is 11.1 Å². The van der Waals surface area contributed by atoms with E-state index in [1.54, 1.807) is 0 Å². The Kier molecular flexibility index (Phi) is 4.99. The molecule has 1 atom stereocenters. The maximum absolute atomic E-state index is 9.45. The molecule has 0 saturated heterocycles. The first kappa shape index (κ1) is 13.6. The molecule has 0 heterocycles. The van der Waals surface area contributed by atoms with Crippen molar-refractivity contribution in [2.24, 2.45) is 5.92 Å². The van der Waals surface area contributed by atoms with Gasteiger partial charge in [-0.2, -0.15) is 0 Å². The molecule has 0 spiro atoms. The Morgan fingerprint density at radius 1 is 1.00 bits per heavy atom. The maximum Gasteiger partial charge on any atom is 0.122 e. The maximum atomic E-state index is 9.45. The molecule has 0 aromatic heterocycles. The third kappa shape index (κ3) is 4.11. The van der Waals surface area contributed by atoms with Gasteiger partial charge in [0.1, 0.15) is 5.75 Å². The number of aryl methyl sites for hydroxylation is 1. The Morgan fingerprint density at radius 2 is 1.68 bits per heavy atom. The summed E-state index contributed by atoms with van der Waals surface area (Å²) in [6.45, 7) is 2.71. The summed E-state index contributed by atoms with van der Waals surface area (Å²) in [6, 6.07) is 18.2. The van der Waals surface area contributed by atoms with Crippen molar-refractivity contribution in [1.29, 1.82) is 0 Å². The zero-order chi connectivity index (χ0) is 13.5. The SMILES string of the molecule is Cc1ccccc1OCC(CO)Cc1ccccc1. The summed E-state index contributed by atoms with van der Waals surface area (Å²) in [5.41, 5.74) is 2.36. The van der Waals surface area contributed by atoms with E-state index in [0.29, 0.717) is 6.61 Å². The van der Waals surface area contributed by atoms with E-state index in [1.165, 1.54) is 5.56 Å². The van der Waals surface area contributed by atoms with Gasteiger partial charge >= 0.3 is 0 Å². The lowest BCUT2D eigenvalue weighted by Crippen LogP contribution is -2.18. The normalized spacial score (nSPS) is 12.1. The van der Waals surface area contributed by atoms with Gasteiger partial charge in [0, 0.05) is 12.5 Å². The number of hydrogen-bond acceptors (Lipinski definition) is 2. The van der Waals surface area contributed by atoms with Crippen LogP contribution < -0.4 is 4.74 Å². The predicted molar refractivity (Wildman–Crippen MR) is 77.4 cm³/mol. The third-order valence-corrected chi connectivity index (χ3v) is 3.19. The molecule has 100 valence electrons. The molecule has 2 aromatic carbocycles. The smallest absolute Gasteiger partial charge is 0.122 e. The lowest BCUT2D eigenvalue weighted by molar-refractivity contribution is 0.162. The zero-order valence-electron chi connectivity index (χ0n) is 11.3. The molecule has 2 aromatic rings. The molecule has 0 radical (unpaired) electrons. The van der Waals surface area contributed by atoms with Crippen molar-refractivity contribution in [3.63, 3.8) is 0 Å². The largest absolute Gasteiger partial charge is 0.493 e. The molecule has 0 aliphatic carbocycles. The van der Waals surface area contributed by atoms with Crippen molar-refractivity contribution in [3.8, 4) is 5.75 Å². The Hall–Kier alpha value is -1.80. The van der Waals surface area contributed by atoms with E-state index >= 15 is 0 Å². The topological polar surface area (TPSA) is 29.5 Å². The van der Waals surface area contributed by atoms with Crippen LogP contribution in [0.3, 0.4) is 0 Å². The third-order valence-electron chi connectivity index (χ3n) is 3.19. The zero-order valence-corrected chi connectivity index (χ0v) is 11.3. The number of aliphatic hydroxyl groups excluding tert-OH is 1. The molecule has 2 nitrogen and oxygen atoms in total. The fraction of sp³-hybridized carbons (Fsp3) is 0.294. The van der Waals surface area contributed by atoms with Gasteiger partial charge in [-0.15, -0.1) is 0 Å². The number of rotatable bonds is 6. The van der Waals surface area contributed by atoms with Gasteiger partial charge in [0.2, 0.25) is 0 Å². The van der Waals surface area contributed by atoms with Gasteiger partial charge in [-0.3, -0.25) is 0 Å². The fourth-order valence-electron chi connectivity index (χ4n) is 2.05. The molecule has 0 aliphatic heterocycles. The van der Waals surface area contributed by atoms with Crippen molar-refractivity contribution in [1.82, 2.24) is 0 Å². The van der Waals surface area contributed by atoms with Crippen LogP contribution in [-0.2, 0) is 6.42 Å². The summed E-state index contributed by atoms with van der Waals surface area (Å²) in [5.74, 6) is 1.02. The highest BCUT2D eigenvalue weighted by Crippen LogP contribution is 2.18. The molecule has 0 amide bonds. The van der Waals surface area contributed by atoms with Gasteiger partial charge in [-0.25, -0.2) is 0 Å². The lowest BCUT2D eigenvalue weighted by atomic mass is 10.0. The molecule has 2 rings (SSSR count). The van der Waals surface area contributed by atoms with Crippen molar-refractivity contribution < 1.29 is 9.84 Å². The minimum atomic E-state index is 0.127. The summed E-state index contributed by atoms with van der Waals surface area (Å²) in [6.07, 6.45) is 0.837. The van der Waals surface area contributed by atoms with E-state index in [4.69, 9.17) is 4.74 Å². The summed E-state index contributed by atoms with van der Waals surface area (Å²) in [4.78, 5) is 0. The molecule has 0 aliphatic rings. The molecule has 0 saturated carbocycles. The Bertz CT molecular complexity index is 494. The second-order valence-electron chi connectivity index (χ2n) is 4.81. The van der Waals surface area contributed by atoms with Crippen molar-refractivity contribution in [3.05, 3.63) is 65.7 Å². The summed E-state index contributed by atoms with van der Waals surface area (Å²) >= 11 is 0. The Morgan fingerprint density at radius 3 is 2.37 bits per heavy atom. The average Bonchev–Trinajstić information content (AvgIpc) is 2.46. The van der Waals surface area contributed by atoms with E-state index in [9.17, 15) is 5.11 Å². The van der Waals surface area contributed by atoms with Crippen LogP contribution in [0.5, 0.6) is 5.75 Å². The number of hydrogen-bond donors (Lipinski definition) is 1. The first-order valence-electron chi connectivity index (χ1n) is 6.63. The van der Waals surface area contributed by atoms with Gasteiger partial charge in [0.05, 0.1) is 6.61 Å². The number of para-hydroxylation sites is 1. The van der Waals surface area contributed by atoms with E-state index in [0.717, 1.165) is 17.7 Å². The van der Waals surface area contributed by atoms with Crippen LogP contribution >= 0.6 is 0 Å². The summed E-state index contributed by atoms with van der Waals surface area (Å²) < 4.78 is 5.80. The minimum Gasteiger partial charge on any atom is -0.493 e. The first-order valence-corrected chi connectivity index (χ1v) is 6.63. The number of aliphatic hydroxyl groups is 1. The Labute approximate surface area is 114 Å². The van der Waals surface area contributed by atoms with Crippen molar-refractivity contribution >= 4 is 0 Å². The van der Waals surface area contributed by atoms with E-state index in [-0.39, 0.29) is 12.5 Å². The molecular formula is C17H20O2. The standard InChI is InChI=1S/C17H20O2/c1-14-7-5-6-10-17(14)19-13-16(12-18)11-15-8-3-2-4-9-15/h2-10,16,18H,11-13H2,1H3. The molecule has 0 fully saturated rings. The van der Waals surface area contributed by atoms with Gasteiger partial charge < -0.3 is 9.84 Å². The summed E-state index contributed by atoms with van der Waals surface area (Å²) in [7, 11) is 0. The van der Waals surface area contributed by atoms with E-state index in [1.807, 2.05) is 49.4 Å².